The van der Waals surface area contributed by atoms with Crippen molar-refractivity contribution in [2.75, 3.05) is 28.4 Å². The molecule has 1 fully saturated rings. The smallest absolute Gasteiger partial charge is 0.254 e. The second kappa shape index (κ2) is 8.20. The fourth-order valence-electron chi connectivity index (χ4n) is 3.08. The Morgan fingerprint density at radius 2 is 1.56 bits per heavy atom. The molecule has 0 aliphatic heterocycles. The molecule has 0 saturated heterocycles. The predicted molar refractivity (Wildman–Crippen MR) is 102 cm³/mol. The Morgan fingerprint density at radius 3 is 2.15 bits per heavy atom. The molecule has 27 heavy (non-hydrogen) atoms. The van der Waals surface area contributed by atoms with Gasteiger partial charge in [0.05, 0.1) is 35.0 Å². The van der Waals surface area contributed by atoms with Crippen LogP contribution < -0.4 is 18.9 Å². The van der Waals surface area contributed by atoms with E-state index in [-0.39, 0.29) is 11.9 Å². The van der Waals surface area contributed by atoms with Crippen molar-refractivity contribution in [3.63, 3.8) is 0 Å². The van der Waals surface area contributed by atoms with Crippen LogP contribution in [-0.2, 0) is 6.54 Å². The maximum absolute atomic E-state index is 13.2. The Kier molecular flexibility index (Phi) is 5.74. The Labute approximate surface area is 159 Å². The number of carbonyl (C=O) groups excluding carboxylic acids is 1. The van der Waals surface area contributed by atoms with Gasteiger partial charge in [-0.1, -0.05) is 0 Å². The quantitative estimate of drug-likeness (QED) is 0.711. The van der Waals surface area contributed by atoms with Crippen molar-refractivity contribution in [2.24, 2.45) is 0 Å². The summed E-state index contributed by atoms with van der Waals surface area (Å²) in [6.45, 7) is 0.457. The summed E-state index contributed by atoms with van der Waals surface area (Å²) in [6, 6.07) is 11.1. The van der Waals surface area contributed by atoms with E-state index in [1.165, 1.54) is 0 Å². The highest BCUT2D eigenvalue weighted by molar-refractivity contribution is 5.95. The summed E-state index contributed by atoms with van der Waals surface area (Å²) < 4.78 is 21.4. The van der Waals surface area contributed by atoms with E-state index < -0.39 is 0 Å². The molecule has 0 unspecified atom stereocenters. The average Bonchev–Trinajstić information content (AvgIpc) is 3.55. The highest BCUT2D eigenvalue weighted by Gasteiger charge is 2.34. The number of nitrogens with zero attached hydrogens (tertiary/aromatic N) is 1. The van der Waals surface area contributed by atoms with Gasteiger partial charge in [-0.25, -0.2) is 0 Å². The van der Waals surface area contributed by atoms with Crippen LogP contribution in [-0.4, -0.2) is 45.3 Å². The Bertz CT molecular complexity index is 816. The summed E-state index contributed by atoms with van der Waals surface area (Å²) in [5.41, 5.74) is 1.49. The van der Waals surface area contributed by atoms with Crippen LogP contribution in [0.5, 0.6) is 23.0 Å². The largest absolute Gasteiger partial charge is 0.497 e. The third-order valence-electron chi connectivity index (χ3n) is 4.71. The van der Waals surface area contributed by atoms with Gasteiger partial charge in [-0.2, -0.15) is 0 Å². The van der Waals surface area contributed by atoms with Gasteiger partial charge in [-0.15, -0.1) is 0 Å². The third kappa shape index (κ3) is 4.10. The first-order chi connectivity index (χ1) is 13.1. The molecule has 0 aromatic heterocycles. The first kappa shape index (κ1) is 18.9. The molecule has 0 bridgehead atoms. The third-order valence-corrected chi connectivity index (χ3v) is 4.71. The molecule has 0 atom stereocenters. The van der Waals surface area contributed by atoms with E-state index in [2.05, 4.69) is 0 Å². The monoisotopic (exact) mass is 371 g/mol. The lowest BCUT2D eigenvalue weighted by atomic mass is 10.1. The van der Waals surface area contributed by atoms with Crippen LogP contribution in [0.3, 0.4) is 0 Å². The van der Waals surface area contributed by atoms with Gasteiger partial charge in [0.2, 0.25) is 0 Å². The van der Waals surface area contributed by atoms with Gasteiger partial charge < -0.3 is 23.8 Å². The van der Waals surface area contributed by atoms with Crippen molar-refractivity contribution in [1.82, 2.24) is 4.90 Å². The molecule has 1 amide bonds. The average molecular weight is 371 g/mol. The zero-order valence-corrected chi connectivity index (χ0v) is 16.2. The zero-order chi connectivity index (χ0) is 19.4. The van der Waals surface area contributed by atoms with Gasteiger partial charge in [0.15, 0.2) is 11.5 Å². The number of amides is 1. The maximum Gasteiger partial charge on any atom is 0.254 e. The van der Waals surface area contributed by atoms with E-state index in [4.69, 9.17) is 18.9 Å². The maximum atomic E-state index is 13.2. The lowest BCUT2D eigenvalue weighted by Crippen LogP contribution is -2.32. The van der Waals surface area contributed by atoms with E-state index in [1.54, 1.807) is 46.6 Å². The minimum absolute atomic E-state index is 0.0386. The fourth-order valence-corrected chi connectivity index (χ4v) is 3.08. The molecule has 6 heteroatoms. The highest BCUT2D eigenvalue weighted by Crippen LogP contribution is 2.34. The molecule has 1 saturated carbocycles. The first-order valence-electron chi connectivity index (χ1n) is 8.85. The van der Waals surface area contributed by atoms with E-state index in [9.17, 15) is 4.79 Å². The van der Waals surface area contributed by atoms with Gasteiger partial charge in [0.25, 0.3) is 5.91 Å². The molecule has 1 aliphatic rings. The van der Waals surface area contributed by atoms with Gasteiger partial charge in [0.1, 0.15) is 11.5 Å². The molecular formula is C21H25NO5. The second-order valence-electron chi connectivity index (χ2n) is 6.41. The zero-order valence-electron chi connectivity index (χ0n) is 16.2. The standard InChI is InChI=1S/C21H25NO5/c1-24-17-8-10-18(25-2)15(11-17)13-22(16-6-7-16)21(23)14-5-9-19(26-3)20(12-14)27-4/h5,8-12,16H,6-7,13H2,1-4H3. The van der Waals surface area contributed by atoms with E-state index in [1.807, 2.05) is 23.1 Å². The van der Waals surface area contributed by atoms with Crippen LogP contribution in [0.25, 0.3) is 0 Å². The molecule has 1 aliphatic carbocycles. The number of hydrogen-bond acceptors (Lipinski definition) is 5. The van der Waals surface area contributed by atoms with Crippen molar-refractivity contribution < 1.29 is 23.7 Å². The molecular weight excluding hydrogens is 346 g/mol. The summed E-state index contributed by atoms with van der Waals surface area (Å²) in [6.07, 6.45) is 2.01. The van der Waals surface area contributed by atoms with Crippen molar-refractivity contribution in [3.8, 4) is 23.0 Å². The summed E-state index contributed by atoms with van der Waals surface area (Å²) >= 11 is 0. The Hall–Kier alpha value is -2.89. The molecule has 2 aromatic carbocycles. The molecule has 2 aromatic rings. The van der Waals surface area contributed by atoms with E-state index >= 15 is 0 Å². The lowest BCUT2D eigenvalue weighted by molar-refractivity contribution is 0.0728. The second-order valence-corrected chi connectivity index (χ2v) is 6.41. The number of ether oxygens (including phenoxy) is 4. The van der Waals surface area contributed by atoms with Crippen molar-refractivity contribution >= 4 is 5.91 Å². The van der Waals surface area contributed by atoms with Crippen LogP contribution in [0.1, 0.15) is 28.8 Å². The van der Waals surface area contributed by atoms with Crippen LogP contribution in [0.4, 0.5) is 0 Å². The summed E-state index contributed by atoms with van der Waals surface area (Å²) in [4.78, 5) is 15.1. The molecule has 0 heterocycles. The van der Waals surface area contributed by atoms with Gasteiger partial charge in [-0.05, 0) is 49.2 Å². The Balaban J connectivity index is 1.89. The normalized spacial score (nSPS) is 13.0. The van der Waals surface area contributed by atoms with Crippen molar-refractivity contribution in [1.29, 1.82) is 0 Å². The predicted octanol–water partition coefficient (Wildman–Crippen LogP) is 3.53. The topological polar surface area (TPSA) is 57.2 Å². The van der Waals surface area contributed by atoms with Gasteiger partial charge in [0, 0.05) is 17.2 Å². The van der Waals surface area contributed by atoms with Crippen LogP contribution in [0.2, 0.25) is 0 Å². The lowest BCUT2D eigenvalue weighted by Gasteiger charge is -2.24. The SMILES string of the molecule is COc1ccc(OC)c(CN(C(=O)c2ccc(OC)c(OC)c2)C2CC2)c1. The Morgan fingerprint density at radius 1 is 0.889 bits per heavy atom. The van der Waals surface area contributed by atoms with E-state index in [0.717, 1.165) is 29.9 Å². The fraction of sp³-hybridized carbons (Fsp3) is 0.381. The molecule has 144 valence electrons. The number of carbonyl (C=O) groups is 1. The summed E-state index contributed by atoms with van der Waals surface area (Å²) in [5.74, 6) is 2.57. The number of benzene rings is 2. The van der Waals surface area contributed by atoms with Crippen LogP contribution in [0, 0.1) is 0 Å². The van der Waals surface area contributed by atoms with Crippen molar-refractivity contribution in [2.45, 2.75) is 25.4 Å². The molecule has 3 rings (SSSR count). The minimum atomic E-state index is -0.0386. The molecule has 0 spiro atoms. The molecule has 0 N–H and O–H groups in total. The van der Waals surface area contributed by atoms with Crippen LogP contribution in [0.15, 0.2) is 36.4 Å². The summed E-state index contributed by atoms with van der Waals surface area (Å²) in [5, 5.41) is 0. The van der Waals surface area contributed by atoms with Crippen LogP contribution >= 0.6 is 0 Å². The van der Waals surface area contributed by atoms with Gasteiger partial charge in [-0.3, -0.25) is 4.79 Å². The number of hydrogen-bond donors (Lipinski definition) is 0. The highest BCUT2D eigenvalue weighted by atomic mass is 16.5. The number of rotatable bonds is 8. The molecule has 6 nitrogen and oxygen atoms in total. The minimum Gasteiger partial charge on any atom is -0.497 e. The van der Waals surface area contributed by atoms with Crippen molar-refractivity contribution in [3.05, 3.63) is 47.5 Å². The molecule has 0 radical (unpaired) electrons. The summed E-state index contributed by atoms with van der Waals surface area (Å²) in [7, 11) is 6.39. The van der Waals surface area contributed by atoms with Gasteiger partial charge >= 0.3 is 0 Å². The number of methoxy groups -OCH3 is 4. The first-order valence-corrected chi connectivity index (χ1v) is 8.85. The van der Waals surface area contributed by atoms with E-state index in [0.29, 0.717) is 23.6 Å².